The van der Waals surface area contributed by atoms with Gasteiger partial charge in [-0.3, -0.25) is 4.79 Å². The van der Waals surface area contributed by atoms with E-state index in [4.69, 9.17) is 0 Å². The molecule has 0 aliphatic heterocycles. The van der Waals surface area contributed by atoms with Gasteiger partial charge < -0.3 is 0 Å². The summed E-state index contributed by atoms with van der Waals surface area (Å²) in [5, 5.41) is 0. The molecule has 0 atom stereocenters. The van der Waals surface area contributed by atoms with Gasteiger partial charge in [-0.25, -0.2) is 8.42 Å². The van der Waals surface area contributed by atoms with E-state index < -0.39 is 9.84 Å². The van der Waals surface area contributed by atoms with Gasteiger partial charge >= 0.3 is 0 Å². The number of hydrogen-bond donors (Lipinski definition) is 0. The quantitative estimate of drug-likeness (QED) is 0.726. The van der Waals surface area contributed by atoms with Gasteiger partial charge in [0.1, 0.15) is 9.84 Å². The molecule has 0 N–H and O–H groups in total. The van der Waals surface area contributed by atoms with E-state index in [2.05, 4.69) is 31.9 Å². The molecule has 0 aromatic carbocycles. The summed E-state index contributed by atoms with van der Waals surface area (Å²) in [6, 6.07) is 1.75. The van der Waals surface area contributed by atoms with Crippen LogP contribution in [0.1, 0.15) is 23.2 Å². The molecule has 0 aliphatic carbocycles. The molecule has 1 aromatic heterocycles. The minimum Gasteiger partial charge on any atom is -0.294 e. The first-order chi connectivity index (χ1) is 7.29. The number of carbonyl (C=O) groups is 1. The van der Waals surface area contributed by atoms with E-state index in [0.29, 0.717) is 12.0 Å². The molecule has 0 saturated carbocycles. The molecule has 7 heteroatoms. The molecule has 0 saturated heterocycles. The maximum atomic E-state index is 11.7. The van der Waals surface area contributed by atoms with E-state index in [0.717, 1.165) is 7.57 Å². The molecule has 0 spiro atoms. The van der Waals surface area contributed by atoms with Gasteiger partial charge in [-0.1, -0.05) is 0 Å². The largest absolute Gasteiger partial charge is 0.294 e. The third-order valence-electron chi connectivity index (χ3n) is 1.88. The SMILES string of the molecule is CS(=O)(=O)CCCC(=O)c1cc(Br)sc1Br. The summed E-state index contributed by atoms with van der Waals surface area (Å²) >= 11 is 8.02. The van der Waals surface area contributed by atoms with Gasteiger partial charge in [0.25, 0.3) is 0 Å². The van der Waals surface area contributed by atoms with Crippen molar-refractivity contribution in [3.05, 3.63) is 19.2 Å². The molecule has 1 rings (SSSR count). The minimum absolute atomic E-state index is 0.0301. The zero-order chi connectivity index (χ0) is 12.3. The van der Waals surface area contributed by atoms with E-state index in [9.17, 15) is 13.2 Å². The van der Waals surface area contributed by atoms with Crippen LogP contribution in [0.15, 0.2) is 13.6 Å². The highest BCUT2D eigenvalue weighted by molar-refractivity contribution is 9.12. The van der Waals surface area contributed by atoms with Crippen molar-refractivity contribution < 1.29 is 13.2 Å². The van der Waals surface area contributed by atoms with E-state index >= 15 is 0 Å². The Kier molecular flexibility index (Phi) is 5.15. The molecule has 90 valence electrons. The fraction of sp³-hybridized carbons (Fsp3) is 0.444. The maximum Gasteiger partial charge on any atom is 0.164 e. The van der Waals surface area contributed by atoms with Gasteiger partial charge in [-0.2, -0.15) is 0 Å². The molecule has 16 heavy (non-hydrogen) atoms. The van der Waals surface area contributed by atoms with Gasteiger partial charge in [0.2, 0.25) is 0 Å². The van der Waals surface area contributed by atoms with E-state index in [1.54, 1.807) is 6.07 Å². The van der Waals surface area contributed by atoms with Crippen molar-refractivity contribution in [2.45, 2.75) is 12.8 Å². The highest BCUT2D eigenvalue weighted by Gasteiger charge is 2.14. The molecule has 0 bridgehead atoms. The lowest BCUT2D eigenvalue weighted by atomic mass is 10.1. The highest BCUT2D eigenvalue weighted by Crippen LogP contribution is 2.32. The number of sulfone groups is 1. The first-order valence-electron chi connectivity index (χ1n) is 4.45. The standard InChI is InChI=1S/C9H10Br2O3S2/c1-16(13,14)4-2-3-7(12)6-5-8(10)15-9(6)11/h5H,2-4H2,1H3. The fourth-order valence-corrected chi connectivity index (χ4v) is 4.68. The van der Waals surface area contributed by atoms with Gasteiger partial charge in [-0.05, 0) is 44.3 Å². The minimum atomic E-state index is -2.98. The Bertz CT molecular complexity index is 491. The second-order valence-corrected chi connectivity index (χ2v) is 9.40. The normalized spacial score (nSPS) is 11.7. The highest BCUT2D eigenvalue weighted by atomic mass is 79.9. The Labute approximate surface area is 115 Å². The molecule has 0 unspecified atom stereocenters. The first kappa shape index (κ1) is 14.3. The number of halogens is 2. The summed E-state index contributed by atoms with van der Waals surface area (Å²) < 4.78 is 23.5. The van der Waals surface area contributed by atoms with Gasteiger partial charge in [0, 0.05) is 18.2 Å². The summed E-state index contributed by atoms with van der Waals surface area (Å²) in [7, 11) is -2.98. The van der Waals surface area contributed by atoms with E-state index in [1.165, 1.54) is 17.6 Å². The molecule has 3 nitrogen and oxygen atoms in total. The molecule has 1 heterocycles. The summed E-state index contributed by atoms with van der Waals surface area (Å²) in [6.07, 6.45) is 1.81. The molecular formula is C9H10Br2O3S2. The summed E-state index contributed by atoms with van der Waals surface area (Å²) in [4.78, 5) is 11.7. The molecule has 0 radical (unpaired) electrons. The third-order valence-corrected chi connectivity index (χ3v) is 5.25. The smallest absolute Gasteiger partial charge is 0.164 e. The zero-order valence-corrected chi connectivity index (χ0v) is 13.3. The van der Waals surface area contributed by atoms with Crippen LogP contribution in [0.5, 0.6) is 0 Å². The Hall–Kier alpha value is 0.280. The Morgan fingerprint density at radius 3 is 2.50 bits per heavy atom. The van der Waals surface area contributed by atoms with Gasteiger partial charge in [0.05, 0.1) is 13.3 Å². The lowest BCUT2D eigenvalue weighted by molar-refractivity contribution is 0.0982. The monoisotopic (exact) mass is 388 g/mol. The van der Waals surface area contributed by atoms with Crippen LogP contribution in [-0.4, -0.2) is 26.2 Å². The predicted octanol–water partition coefficient (Wildman–Crippen LogP) is 3.28. The van der Waals surface area contributed by atoms with Crippen LogP contribution in [0.2, 0.25) is 0 Å². The maximum absolute atomic E-state index is 11.7. The summed E-state index contributed by atoms with van der Waals surface area (Å²) in [6.45, 7) is 0. The van der Waals surface area contributed by atoms with Gasteiger partial charge in [0.15, 0.2) is 5.78 Å². The lowest BCUT2D eigenvalue weighted by Gasteiger charge is -1.98. The predicted molar refractivity (Wildman–Crippen MR) is 73.0 cm³/mol. The molecule has 0 aliphatic rings. The number of carbonyl (C=O) groups excluding carboxylic acids is 1. The lowest BCUT2D eigenvalue weighted by Crippen LogP contribution is -2.06. The van der Waals surface area contributed by atoms with Crippen molar-refractivity contribution in [1.29, 1.82) is 0 Å². The van der Waals surface area contributed by atoms with Crippen molar-refractivity contribution in [3.63, 3.8) is 0 Å². The Balaban J connectivity index is 2.57. The molecule has 1 aromatic rings. The number of hydrogen-bond acceptors (Lipinski definition) is 4. The second kappa shape index (κ2) is 5.75. The topological polar surface area (TPSA) is 51.2 Å². The number of rotatable bonds is 5. The average Bonchev–Trinajstić information content (AvgIpc) is 2.43. The van der Waals surface area contributed by atoms with Crippen LogP contribution in [0.25, 0.3) is 0 Å². The van der Waals surface area contributed by atoms with Crippen molar-refractivity contribution >= 4 is 58.8 Å². The Morgan fingerprint density at radius 2 is 2.06 bits per heavy atom. The average molecular weight is 390 g/mol. The van der Waals surface area contributed by atoms with Crippen molar-refractivity contribution in [2.24, 2.45) is 0 Å². The summed E-state index contributed by atoms with van der Waals surface area (Å²) in [5.74, 6) is 0.0271. The van der Waals surface area contributed by atoms with Crippen LogP contribution in [0.3, 0.4) is 0 Å². The first-order valence-corrected chi connectivity index (χ1v) is 8.91. The number of thiophene rings is 1. The van der Waals surface area contributed by atoms with Crippen LogP contribution in [0, 0.1) is 0 Å². The molecule has 0 amide bonds. The van der Waals surface area contributed by atoms with E-state index in [-0.39, 0.29) is 18.0 Å². The van der Waals surface area contributed by atoms with Crippen molar-refractivity contribution in [2.75, 3.05) is 12.0 Å². The van der Waals surface area contributed by atoms with Crippen LogP contribution < -0.4 is 0 Å². The molecule has 0 fully saturated rings. The van der Waals surface area contributed by atoms with E-state index in [1.807, 2.05) is 0 Å². The van der Waals surface area contributed by atoms with Crippen LogP contribution >= 0.6 is 43.2 Å². The fourth-order valence-electron chi connectivity index (χ4n) is 1.16. The van der Waals surface area contributed by atoms with Gasteiger partial charge in [-0.15, -0.1) is 11.3 Å². The third kappa shape index (κ3) is 4.65. The molecular weight excluding hydrogens is 380 g/mol. The van der Waals surface area contributed by atoms with Crippen LogP contribution in [0.4, 0.5) is 0 Å². The van der Waals surface area contributed by atoms with Crippen LogP contribution in [-0.2, 0) is 9.84 Å². The Morgan fingerprint density at radius 1 is 1.44 bits per heavy atom. The summed E-state index contributed by atoms with van der Waals surface area (Å²) in [5.41, 5.74) is 0.616. The van der Waals surface area contributed by atoms with Crippen molar-refractivity contribution in [3.8, 4) is 0 Å². The second-order valence-electron chi connectivity index (χ2n) is 3.39. The number of Topliss-reactive ketones (excluding diaryl/α,β-unsaturated/α-hetero) is 1. The number of ketones is 1. The van der Waals surface area contributed by atoms with Crippen molar-refractivity contribution in [1.82, 2.24) is 0 Å². The zero-order valence-electron chi connectivity index (χ0n) is 8.50.